The average Bonchev–Trinajstić information content (AvgIpc) is 2.80. The van der Waals surface area contributed by atoms with Gasteiger partial charge >= 0.3 is 0 Å². The molecule has 18 heavy (non-hydrogen) atoms. The summed E-state index contributed by atoms with van der Waals surface area (Å²) in [4.78, 5) is 22.9. The second kappa shape index (κ2) is 6.89. The van der Waals surface area contributed by atoms with Crippen molar-refractivity contribution >= 4 is 17.6 Å². The van der Waals surface area contributed by atoms with Gasteiger partial charge in [-0.3, -0.25) is 9.79 Å². The molecule has 98 valence electrons. The Morgan fingerprint density at radius 1 is 1.56 bits per heavy atom. The van der Waals surface area contributed by atoms with E-state index in [1.54, 1.807) is 20.2 Å². The Balaban J connectivity index is 2.69. The van der Waals surface area contributed by atoms with E-state index in [4.69, 9.17) is 0 Å². The number of aliphatic imine (C=N–C) groups is 1. The van der Waals surface area contributed by atoms with Gasteiger partial charge < -0.3 is 4.98 Å². The number of aromatic nitrogens is 2. The van der Waals surface area contributed by atoms with Crippen LogP contribution in [0.25, 0.3) is 6.08 Å². The van der Waals surface area contributed by atoms with Crippen molar-refractivity contribution in [1.82, 2.24) is 9.97 Å². The van der Waals surface area contributed by atoms with Crippen LogP contribution in [0.1, 0.15) is 38.7 Å². The summed E-state index contributed by atoms with van der Waals surface area (Å²) < 4.78 is 0. The highest BCUT2D eigenvalue weighted by atomic mass is 16.1. The first kappa shape index (κ1) is 14.4. The van der Waals surface area contributed by atoms with E-state index >= 15 is 0 Å². The molecule has 1 N–H and O–H groups in total. The Bertz CT molecular complexity index is 457. The summed E-state index contributed by atoms with van der Waals surface area (Å²) >= 11 is 0. The molecule has 0 radical (unpaired) electrons. The van der Waals surface area contributed by atoms with Gasteiger partial charge in [-0.15, -0.1) is 0 Å². The molecule has 4 nitrogen and oxygen atoms in total. The first-order chi connectivity index (χ1) is 8.56. The number of hydrogen-bond donors (Lipinski definition) is 1. The minimum Gasteiger partial charge on any atom is -0.342 e. The quantitative estimate of drug-likeness (QED) is 0.786. The van der Waals surface area contributed by atoms with E-state index in [2.05, 4.69) is 15.0 Å². The van der Waals surface area contributed by atoms with Crippen molar-refractivity contribution in [1.29, 1.82) is 0 Å². The summed E-state index contributed by atoms with van der Waals surface area (Å²) in [6, 6.07) is 0. The number of carbonyl (C=O) groups is 1. The molecule has 1 aromatic rings. The van der Waals surface area contributed by atoms with Crippen molar-refractivity contribution in [2.45, 2.75) is 33.6 Å². The van der Waals surface area contributed by atoms with Crippen molar-refractivity contribution in [3.8, 4) is 0 Å². The molecule has 0 aliphatic rings. The van der Waals surface area contributed by atoms with Crippen LogP contribution in [0.5, 0.6) is 0 Å². The van der Waals surface area contributed by atoms with Gasteiger partial charge in [-0.25, -0.2) is 4.98 Å². The average molecular weight is 247 g/mol. The molecule has 1 unspecified atom stereocenters. The number of aromatic amines is 1. The van der Waals surface area contributed by atoms with Crippen molar-refractivity contribution in [3.05, 3.63) is 23.8 Å². The second-order valence-electron chi connectivity index (χ2n) is 4.41. The maximum atomic E-state index is 11.4. The number of H-pyrrole nitrogens is 1. The fourth-order valence-corrected chi connectivity index (χ4v) is 1.68. The summed E-state index contributed by atoms with van der Waals surface area (Å²) in [7, 11) is 1.76. The molecule has 1 rings (SSSR count). The van der Waals surface area contributed by atoms with Gasteiger partial charge in [-0.1, -0.05) is 6.92 Å². The number of Topliss-reactive ketones (excluding diaryl/α,β-unsaturated/α-hetero) is 1. The van der Waals surface area contributed by atoms with E-state index < -0.39 is 0 Å². The van der Waals surface area contributed by atoms with E-state index in [1.165, 1.54) is 0 Å². The minimum atomic E-state index is 0.0845. The largest absolute Gasteiger partial charge is 0.342 e. The topological polar surface area (TPSA) is 58.1 Å². The zero-order valence-corrected chi connectivity index (χ0v) is 11.5. The van der Waals surface area contributed by atoms with Crippen LogP contribution in [-0.2, 0) is 11.2 Å². The van der Waals surface area contributed by atoms with Gasteiger partial charge in [-0.05, 0) is 38.8 Å². The van der Waals surface area contributed by atoms with Gasteiger partial charge in [-0.2, -0.15) is 0 Å². The highest BCUT2D eigenvalue weighted by molar-refractivity contribution is 5.95. The maximum absolute atomic E-state index is 11.4. The Labute approximate surface area is 108 Å². The van der Waals surface area contributed by atoms with Gasteiger partial charge in [0.1, 0.15) is 11.6 Å². The molecule has 0 bridgehead atoms. The number of rotatable bonds is 6. The van der Waals surface area contributed by atoms with Crippen LogP contribution >= 0.6 is 0 Å². The number of ketones is 1. The molecule has 0 aliphatic heterocycles. The normalized spacial score (nSPS) is 14.1. The van der Waals surface area contributed by atoms with Crippen LogP contribution in [0.15, 0.2) is 17.3 Å². The zero-order valence-electron chi connectivity index (χ0n) is 11.5. The molecular weight excluding hydrogens is 226 g/mol. The van der Waals surface area contributed by atoms with Gasteiger partial charge in [0.2, 0.25) is 0 Å². The third kappa shape index (κ3) is 4.28. The minimum absolute atomic E-state index is 0.0845. The maximum Gasteiger partial charge on any atom is 0.133 e. The van der Waals surface area contributed by atoms with Crippen LogP contribution in [0, 0.1) is 5.92 Å². The van der Waals surface area contributed by atoms with E-state index in [0.717, 1.165) is 30.1 Å². The predicted molar refractivity (Wildman–Crippen MR) is 74.8 cm³/mol. The molecule has 0 aromatic carbocycles. The lowest BCUT2D eigenvalue weighted by Crippen LogP contribution is -2.12. The zero-order chi connectivity index (χ0) is 13.5. The number of imidazole rings is 1. The molecule has 4 heteroatoms. The summed E-state index contributed by atoms with van der Waals surface area (Å²) in [6.07, 6.45) is 7.18. The lowest BCUT2D eigenvalue weighted by Gasteiger charge is -2.08. The van der Waals surface area contributed by atoms with Crippen molar-refractivity contribution in [2.24, 2.45) is 10.9 Å². The number of allylic oxidation sites excluding steroid dienone is 1. The third-order valence-electron chi connectivity index (χ3n) is 3.02. The third-order valence-corrected chi connectivity index (χ3v) is 3.02. The smallest absolute Gasteiger partial charge is 0.133 e. The number of nitrogens with zero attached hydrogens (tertiary/aromatic N) is 2. The molecule has 1 atom stereocenters. The van der Waals surface area contributed by atoms with Gasteiger partial charge in [0, 0.05) is 30.6 Å². The molecular formula is C14H21N3O. The number of hydrogen-bond acceptors (Lipinski definition) is 3. The monoisotopic (exact) mass is 247 g/mol. The van der Waals surface area contributed by atoms with Crippen LogP contribution < -0.4 is 0 Å². The Kier molecular flexibility index (Phi) is 5.49. The Hall–Kier alpha value is -1.71. The highest BCUT2D eigenvalue weighted by Crippen LogP contribution is 2.12. The molecule has 0 saturated carbocycles. The summed E-state index contributed by atoms with van der Waals surface area (Å²) in [5, 5.41) is 0. The van der Waals surface area contributed by atoms with Crippen molar-refractivity contribution in [3.63, 3.8) is 0 Å². The van der Waals surface area contributed by atoms with Gasteiger partial charge in [0.25, 0.3) is 0 Å². The SMILES string of the molecule is CCC(Cc1cnc(/C=C\C(C)=NC)[nH]1)C(C)=O. The summed E-state index contributed by atoms with van der Waals surface area (Å²) in [5.41, 5.74) is 1.95. The fraction of sp³-hybridized carbons (Fsp3) is 0.500. The van der Waals surface area contributed by atoms with Crippen LogP contribution in [0.4, 0.5) is 0 Å². The molecule has 0 aliphatic carbocycles. The van der Waals surface area contributed by atoms with Gasteiger partial charge in [0.15, 0.2) is 0 Å². The van der Waals surface area contributed by atoms with E-state index in [-0.39, 0.29) is 11.7 Å². The van der Waals surface area contributed by atoms with Crippen LogP contribution in [0.3, 0.4) is 0 Å². The molecule has 1 heterocycles. The highest BCUT2D eigenvalue weighted by Gasteiger charge is 2.13. The summed E-state index contributed by atoms with van der Waals surface area (Å²) in [6.45, 7) is 5.61. The Morgan fingerprint density at radius 2 is 2.28 bits per heavy atom. The lowest BCUT2D eigenvalue weighted by molar-refractivity contribution is -0.120. The predicted octanol–water partition coefficient (Wildman–Crippen LogP) is 2.67. The van der Waals surface area contributed by atoms with Gasteiger partial charge in [0.05, 0.1) is 0 Å². The molecule has 0 saturated heterocycles. The Morgan fingerprint density at radius 3 is 2.83 bits per heavy atom. The van der Waals surface area contributed by atoms with Crippen molar-refractivity contribution in [2.75, 3.05) is 7.05 Å². The lowest BCUT2D eigenvalue weighted by atomic mass is 9.97. The first-order valence-electron chi connectivity index (χ1n) is 6.22. The van der Waals surface area contributed by atoms with Crippen molar-refractivity contribution < 1.29 is 4.79 Å². The van der Waals surface area contributed by atoms with E-state index in [0.29, 0.717) is 0 Å². The molecule has 1 aromatic heterocycles. The standard InChI is InChI=1S/C14H21N3O/c1-5-12(11(3)18)8-13-9-16-14(17-13)7-6-10(2)15-4/h6-7,9,12H,5,8H2,1-4H3,(H,16,17)/b7-6-,15-10?. The second-order valence-corrected chi connectivity index (χ2v) is 4.41. The molecule has 0 fully saturated rings. The fourth-order valence-electron chi connectivity index (χ4n) is 1.68. The van der Waals surface area contributed by atoms with Crippen LogP contribution in [0.2, 0.25) is 0 Å². The molecule has 0 amide bonds. The van der Waals surface area contributed by atoms with E-state index in [9.17, 15) is 4.79 Å². The number of nitrogens with one attached hydrogen (secondary N) is 1. The number of carbonyl (C=O) groups excluding carboxylic acids is 1. The van der Waals surface area contributed by atoms with E-state index in [1.807, 2.05) is 26.0 Å². The first-order valence-corrected chi connectivity index (χ1v) is 6.22. The molecule has 0 spiro atoms. The van der Waals surface area contributed by atoms with Crippen LogP contribution in [-0.4, -0.2) is 28.5 Å². The summed E-state index contributed by atoms with van der Waals surface area (Å²) in [5.74, 6) is 1.12.